The molecule has 2 aromatic heterocycles. The quantitative estimate of drug-likeness (QED) is 0.562. The zero-order valence-corrected chi connectivity index (χ0v) is 16.8. The van der Waals surface area contributed by atoms with Crippen LogP contribution in [-0.4, -0.2) is 19.9 Å². The van der Waals surface area contributed by atoms with Crippen molar-refractivity contribution in [3.8, 4) is 5.75 Å². The molecule has 0 fully saturated rings. The van der Waals surface area contributed by atoms with Crippen molar-refractivity contribution in [1.29, 1.82) is 0 Å². The minimum Gasteiger partial charge on any atom is -0.508 e. The van der Waals surface area contributed by atoms with Gasteiger partial charge in [-0.2, -0.15) is 18.3 Å². The Hall–Kier alpha value is -2.44. The Morgan fingerprint density at radius 3 is 2.72 bits per heavy atom. The van der Waals surface area contributed by atoms with Crippen LogP contribution in [0.25, 0.3) is 10.9 Å². The Labute approximate surface area is 167 Å². The highest BCUT2D eigenvalue weighted by Crippen LogP contribution is 2.41. The predicted molar refractivity (Wildman–Crippen MR) is 106 cm³/mol. The maximum Gasteiger partial charge on any atom is 0.435 e. The highest BCUT2D eigenvalue weighted by molar-refractivity contribution is 5.85. The van der Waals surface area contributed by atoms with Crippen LogP contribution in [0, 0.1) is 5.92 Å². The van der Waals surface area contributed by atoms with Crippen LogP contribution >= 0.6 is 0 Å². The fourth-order valence-corrected chi connectivity index (χ4v) is 4.73. The van der Waals surface area contributed by atoms with Crippen molar-refractivity contribution in [3.63, 3.8) is 0 Å². The van der Waals surface area contributed by atoms with E-state index in [1.165, 1.54) is 0 Å². The number of halogens is 3. The van der Waals surface area contributed by atoms with Gasteiger partial charge in [-0.25, -0.2) is 0 Å². The summed E-state index contributed by atoms with van der Waals surface area (Å²) in [5.74, 6) is 0.762. The molecule has 1 aliphatic carbocycles. The van der Waals surface area contributed by atoms with E-state index < -0.39 is 11.9 Å². The van der Waals surface area contributed by atoms with Crippen molar-refractivity contribution in [2.45, 2.75) is 64.6 Å². The van der Waals surface area contributed by atoms with E-state index in [1.54, 1.807) is 16.8 Å². The minimum atomic E-state index is -4.41. The number of hydrogen-bond acceptors (Lipinski definition) is 2. The van der Waals surface area contributed by atoms with Gasteiger partial charge in [0.2, 0.25) is 0 Å². The second-order valence-corrected chi connectivity index (χ2v) is 8.53. The SMILES string of the molecule is CC(CC1CCc2c(C(F)(F)F)nn(C(C)C)c2C1)c1c[nH]c2ccc(O)cc12. The summed E-state index contributed by atoms with van der Waals surface area (Å²) in [5.41, 5.74) is 2.53. The first-order valence-electron chi connectivity index (χ1n) is 10.1. The highest BCUT2D eigenvalue weighted by atomic mass is 19.4. The van der Waals surface area contributed by atoms with E-state index in [0.29, 0.717) is 24.3 Å². The van der Waals surface area contributed by atoms with E-state index in [4.69, 9.17) is 0 Å². The van der Waals surface area contributed by atoms with Crippen LogP contribution < -0.4 is 0 Å². The van der Waals surface area contributed by atoms with Crippen molar-refractivity contribution in [1.82, 2.24) is 14.8 Å². The Kier molecular flexibility index (Phi) is 4.87. The molecule has 156 valence electrons. The number of alkyl halides is 3. The molecule has 1 aromatic carbocycles. The Bertz CT molecular complexity index is 1030. The molecule has 2 N–H and O–H groups in total. The number of fused-ring (bicyclic) bond motifs is 2. The third-order valence-corrected chi connectivity index (χ3v) is 6.08. The molecular weight excluding hydrogens is 379 g/mol. The number of aromatic hydroxyl groups is 1. The van der Waals surface area contributed by atoms with Crippen LogP contribution in [0.15, 0.2) is 24.4 Å². The molecule has 2 atom stereocenters. The maximum absolute atomic E-state index is 13.4. The molecule has 0 amide bonds. The largest absolute Gasteiger partial charge is 0.508 e. The van der Waals surface area contributed by atoms with Crippen molar-refractivity contribution in [3.05, 3.63) is 46.9 Å². The summed E-state index contributed by atoms with van der Waals surface area (Å²) < 4.78 is 41.8. The first-order chi connectivity index (χ1) is 13.6. The molecule has 4 rings (SSSR count). The summed E-state index contributed by atoms with van der Waals surface area (Å²) in [7, 11) is 0. The molecule has 2 heterocycles. The van der Waals surface area contributed by atoms with E-state index >= 15 is 0 Å². The van der Waals surface area contributed by atoms with Crippen LogP contribution in [0.3, 0.4) is 0 Å². The number of aromatic nitrogens is 3. The number of benzene rings is 1. The lowest BCUT2D eigenvalue weighted by Crippen LogP contribution is -2.20. The van der Waals surface area contributed by atoms with Gasteiger partial charge in [-0.15, -0.1) is 0 Å². The second kappa shape index (κ2) is 7.11. The number of rotatable bonds is 4. The third kappa shape index (κ3) is 3.63. The van der Waals surface area contributed by atoms with Gasteiger partial charge in [0, 0.05) is 34.4 Å². The van der Waals surface area contributed by atoms with Gasteiger partial charge in [0.05, 0.1) is 0 Å². The number of nitrogens with zero attached hydrogens (tertiary/aromatic N) is 2. The molecule has 0 spiro atoms. The van der Waals surface area contributed by atoms with Gasteiger partial charge in [0.15, 0.2) is 5.69 Å². The molecule has 2 unspecified atom stereocenters. The van der Waals surface area contributed by atoms with E-state index in [2.05, 4.69) is 17.0 Å². The van der Waals surface area contributed by atoms with Crippen LogP contribution in [0.2, 0.25) is 0 Å². The van der Waals surface area contributed by atoms with Crippen molar-refractivity contribution < 1.29 is 18.3 Å². The average Bonchev–Trinajstić information content (AvgIpc) is 3.22. The van der Waals surface area contributed by atoms with Crippen LogP contribution in [0.1, 0.15) is 68.1 Å². The van der Waals surface area contributed by atoms with Crippen molar-refractivity contribution in [2.24, 2.45) is 5.92 Å². The van der Waals surface area contributed by atoms with Crippen LogP contribution in [0.4, 0.5) is 13.2 Å². The van der Waals surface area contributed by atoms with Crippen molar-refractivity contribution in [2.75, 3.05) is 0 Å². The normalized spacial score (nSPS) is 18.4. The molecule has 1 aliphatic rings. The third-order valence-electron chi connectivity index (χ3n) is 6.08. The molecule has 7 heteroatoms. The predicted octanol–water partition coefficient (Wildman–Crippen LogP) is 5.97. The number of phenolic OH excluding ortho intramolecular Hbond substituents is 1. The lowest BCUT2D eigenvalue weighted by Gasteiger charge is -2.27. The molecule has 0 bridgehead atoms. The average molecular weight is 405 g/mol. The lowest BCUT2D eigenvalue weighted by atomic mass is 9.80. The first-order valence-corrected chi connectivity index (χ1v) is 10.1. The van der Waals surface area contributed by atoms with Gasteiger partial charge >= 0.3 is 6.18 Å². The molecular formula is C22H26F3N3O. The number of phenols is 1. The second-order valence-electron chi connectivity index (χ2n) is 8.53. The summed E-state index contributed by atoms with van der Waals surface area (Å²) in [6.45, 7) is 5.89. The molecule has 0 saturated carbocycles. The summed E-state index contributed by atoms with van der Waals surface area (Å²) in [5, 5.41) is 14.8. The minimum absolute atomic E-state index is 0.104. The number of H-pyrrole nitrogens is 1. The van der Waals surface area contributed by atoms with Crippen LogP contribution in [-0.2, 0) is 19.0 Å². The van der Waals surface area contributed by atoms with E-state index in [1.807, 2.05) is 26.1 Å². The fraction of sp³-hybridized carbons (Fsp3) is 0.500. The molecule has 0 radical (unpaired) electrons. The van der Waals surface area contributed by atoms with Gasteiger partial charge < -0.3 is 10.1 Å². The number of hydrogen-bond donors (Lipinski definition) is 2. The van der Waals surface area contributed by atoms with Crippen molar-refractivity contribution >= 4 is 10.9 Å². The van der Waals surface area contributed by atoms with Crippen LogP contribution in [0.5, 0.6) is 5.75 Å². The topological polar surface area (TPSA) is 53.8 Å². The first kappa shape index (κ1) is 19.9. The number of aromatic amines is 1. The van der Waals surface area contributed by atoms with E-state index in [0.717, 1.165) is 35.0 Å². The maximum atomic E-state index is 13.4. The summed E-state index contributed by atoms with van der Waals surface area (Å²) in [6, 6.07) is 5.17. The Morgan fingerprint density at radius 2 is 2.03 bits per heavy atom. The number of nitrogens with one attached hydrogen (secondary N) is 1. The smallest absolute Gasteiger partial charge is 0.435 e. The molecule has 0 aliphatic heterocycles. The molecule has 3 aromatic rings. The van der Waals surface area contributed by atoms with Gasteiger partial charge in [-0.3, -0.25) is 4.68 Å². The van der Waals surface area contributed by atoms with Gasteiger partial charge in [0.25, 0.3) is 0 Å². The lowest BCUT2D eigenvalue weighted by molar-refractivity contribution is -0.142. The Morgan fingerprint density at radius 1 is 1.28 bits per heavy atom. The summed E-state index contributed by atoms with van der Waals surface area (Å²) >= 11 is 0. The Balaban J connectivity index is 1.58. The van der Waals surface area contributed by atoms with Gasteiger partial charge in [0.1, 0.15) is 5.75 Å². The van der Waals surface area contributed by atoms with Gasteiger partial charge in [-0.05, 0) is 75.1 Å². The molecule has 0 saturated heterocycles. The van der Waals surface area contributed by atoms with E-state index in [-0.39, 0.29) is 17.7 Å². The molecule has 29 heavy (non-hydrogen) atoms. The zero-order valence-electron chi connectivity index (χ0n) is 16.8. The zero-order chi connectivity index (χ0) is 20.9. The molecule has 4 nitrogen and oxygen atoms in total. The summed E-state index contributed by atoms with van der Waals surface area (Å²) in [6.07, 6.45) is 0.224. The monoisotopic (exact) mass is 405 g/mol. The van der Waals surface area contributed by atoms with E-state index in [9.17, 15) is 18.3 Å². The summed E-state index contributed by atoms with van der Waals surface area (Å²) in [4.78, 5) is 3.24. The van der Waals surface area contributed by atoms with Gasteiger partial charge in [-0.1, -0.05) is 6.92 Å². The highest BCUT2D eigenvalue weighted by Gasteiger charge is 2.41. The fourth-order valence-electron chi connectivity index (χ4n) is 4.73. The standard InChI is InChI=1S/C22H26F3N3O/c1-12(2)28-20-9-14(4-6-16(20)21(27-28)22(23,24)25)8-13(3)18-11-26-19-7-5-15(29)10-17(18)19/h5,7,10-14,26,29H,4,6,8-9H2,1-3H3.